The zero-order valence-corrected chi connectivity index (χ0v) is 71.3. The fourth-order valence-corrected chi connectivity index (χ4v) is 21.5. The fraction of sp³-hybridized carbons (Fsp3) is 0. The Kier molecular flexibility index (Phi) is 17.7. The van der Waals surface area contributed by atoms with Crippen LogP contribution in [0.1, 0.15) is 0 Å². The molecule has 0 bridgehead atoms. The molecule has 131 heavy (non-hydrogen) atoms. The molecule has 0 aliphatic carbocycles. The summed E-state index contributed by atoms with van der Waals surface area (Å²) in [5, 5.41) is 34.4. The van der Waals surface area contributed by atoms with Crippen molar-refractivity contribution in [1.29, 1.82) is 0 Å². The lowest BCUT2D eigenvalue weighted by Gasteiger charge is -2.19. The first-order chi connectivity index (χ1) is 65.0. The summed E-state index contributed by atoms with van der Waals surface area (Å²) in [6.07, 6.45) is 0. The normalized spacial score (nSPS) is 11.8. The van der Waals surface area contributed by atoms with Crippen LogP contribution in [0.3, 0.4) is 0 Å². The van der Waals surface area contributed by atoms with Crippen molar-refractivity contribution in [2.24, 2.45) is 0 Å². The van der Waals surface area contributed by atoms with E-state index in [1.54, 1.807) is 0 Å². The Labute approximate surface area is 754 Å². The highest BCUT2D eigenvalue weighted by atomic mass is 16.3. The van der Waals surface area contributed by atoms with Crippen LogP contribution in [0, 0.1) is 0 Å². The summed E-state index contributed by atoms with van der Waals surface area (Å²) in [5.74, 6) is 0. The van der Waals surface area contributed by atoms with Crippen LogP contribution in [0.4, 0.5) is 0 Å². The minimum Gasteiger partial charge on any atom is -0.456 e. The highest BCUT2D eigenvalue weighted by Gasteiger charge is 2.25. The first kappa shape index (κ1) is 75.1. The van der Waals surface area contributed by atoms with Crippen LogP contribution in [0.25, 0.3) is 273 Å². The van der Waals surface area contributed by atoms with Gasteiger partial charge in [-0.3, -0.25) is 0 Å². The van der Waals surface area contributed by atoms with Gasteiger partial charge in [-0.15, -0.1) is 0 Å². The standard InChI is InChI=1S/2C46H28O.C36H22O/c1-3-13-34-29(10-1)12-9-19-35(34)31-20-22-32(23-21-31)44-37-15-5-7-17-39(37)45(40-18-8-6-16-38(40)44)33-25-26-42-41(28-33)46-36-14-4-2-11-30(36)24-27-43(46)47-42;1-2-12-29(13-3-1)32-24-25-40(35-17-7-6-16-34(32)35)45-38-20-10-8-18-36(38)44(37-19-9-11-21-39(37)45)31-23-26-42-41(28-31)46-33-15-5-4-14-30(33)22-27-43(46)47-42;1-2-10-23(11-3-1)35-27-14-6-8-16-29(27)36(30-17-9-7-15-28(30)35)26-18-19-33-31(21-26)32-20-24-12-4-5-13-25(24)22-34(32)37-33/h2*1-28H;1-22H. The second kappa shape index (κ2) is 30.8. The van der Waals surface area contributed by atoms with Crippen LogP contribution in [-0.4, -0.2) is 0 Å². The molecule has 0 radical (unpaired) electrons. The van der Waals surface area contributed by atoms with E-state index in [0.29, 0.717) is 0 Å². The van der Waals surface area contributed by atoms with Crippen LogP contribution >= 0.6 is 0 Å². The van der Waals surface area contributed by atoms with E-state index in [9.17, 15) is 0 Å². The average Bonchev–Trinajstić information content (AvgIpc) is 1.63. The van der Waals surface area contributed by atoms with Crippen LogP contribution in [0.15, 0.2) is 486 Å². The van der Waals surface area contributed by atoms with E-state index in [0.717, 1.165) is 55.0 Å². The van der Waals surface area contributed by atoms with Gasteiger partial charge in [0, 0.05) is 32.3 Å². The van der Waals surface area contributed by atoms with Crippen molar-refractivity contribution in [3.8, 4) is 89.0 Å². The maximum absolute atomic E-state index is 6.39. The number of fused-ring (bicyclic) bond motifs is 22. The lowest BCUT2D eigenvalue weighted by molar-refractivity contribution is 0.669. The summed E-state index contributed by atoms with van der Waals surface area (Å²) in [5.41, 5.74) is 25.4. The first-order valence-electron chi connectivity index (χ1n) is 45.1. The number of hydrogen-bond donors (Lipinski definition) is 0. The summed E-state index contributed by atoms with van der Waals surface area (Å²) in [6, 6.07) is 171. The quantitative estimate of drug-likeness (QED) is 0.142. The molecule has 0 fully saturated rings. The Balaban J connectivity index is 0.000000104. The molecule has 28 rings (SSSR count). The molecular weight excluding hydrogens is 1590 g/mol. The van der Waals surface area contributed by atoms with Crippen molar-refractivity contribution in [2.75, 3.05) is 0 Å². The van der Waals surface area contributed by atoms with E-state index in [4.69, 9.17) is 13.3 Å². The lowest BCUT2D eigenvalue weighted by atomic mass is 9.83. The molecule has 0 saturated carbocycles. The van der Waals surface area contributed by atoms with E-state index >= 15 is 0 Å². The van der Waals surface area contributed by atoms with Gasteiger partial charge in [-0.2, -0.15) is 0 Å². The van der Waals surface area contributed by atoms with Gasteiger partial charge in [0.1, 0.15) is 33.5 Å². The molecule has 0 saturated heterocycles. The third-order valence-corrected chi connectivity index (χ3v) is 27.3. The number of furan rings is 3. The zero-order valence-electron chi connectivity index (χ0n) is 71.3. The van der Waals surface area contributed by atoms with E-state index in [1.165, 1.54) is 218 Å². The minimum absolute atomic E-state index is 0.912. The predicted molar refractivity (Wildman–Crippen MR) is 557 cm³/mol. The van der Waals surface area contributed by atoms with Gasteiger partial charge in [0.05, 0.1) is 0 Å². The topological polar surface area (TPSA) is 39.4 Å². The third kappa shape index (κ3) is 12.4. The summed E-state index contributed by atoms with van der Waals surface area (Å²) < 4.78 is 19.1. The summed E-state index contributed by atoms with van der Waals surface area (Å²) in [7, 11) is 0. The fourth-order valence-electron chi connectivity index (χ4n) is 21.5. The first-order valence-corrected chi connectivity index (χ1v) is 45.1. The zero-order chi connectivity index (χ0) is 86.1. The highest BCUT2D eigenvalue weighted by Crippen LogP contribution is 2.52. The average molecular weight is 1660 g/mol. The summed E-state index contributed by atoms with van der Waals surface area (Å²) in [4.78, 5) is 0. The van der Waals surface area contributed by atoms with E-state index in [-0.39, 0.29) is 0 Å². The summed E-state index contributed by atoms with van der Waals surface area (Å²) in [6.45, 7) is 0. The molecule has 28 aromatic rings. The van der Waals surface area contributed by atoms with Gasteiger partial charge in [0.2, 0.25) is 0 Å². The molecule has 0 unspecified atom stereocenters. The second-order valence-electron chi connectivity index (χ2n) is 34.5. The predicted octanol–water partition coefficient (Wildman–Crippen LogP) is 36.8. The van der Waals surface area contributed by atoms with Gasteiger partial charge in [0.25, 0.3) is 0 Å². The molecule has 0 N–H and O–H groups in total. The minimum atomic E-state index is 0.912. The van der Waals surface area contributed by atoms with Crippen LogP contribution in [-0.2, 0) is 0 Å². The Morgan fingerprint density at radius 3 is 0.809 bits per heavy atom. The van der Waals surface area contributed by atoms with Crippen LogP contribution in [0.5, 0.6) is 0 Å². The maximum Gasteiger partial charge on any atom is 0.136 e. The Bertz CT molecular complexity index is 9370. The largest absolute Gasteiger partial charge is 0.456 e. The van der Waals surface area contributed by atoms with Crippen molar-refractivity contribution in [1.82, 2.24) is 0 Å². The Hall–Kier alpha value is -17.2. The van der Waals surface area contributed by atoms with Crippen LogP contribution < -0.4 is 0 Å². The third-order valence-electron chi connectivity index (χ3n) is 27.3. The molecular formula is C128H78O3. The van der Waals surface area contributed by atoms with Gasteiger partial charge >= 0.3 is 0 Å². The number of benzene rings is 25. The van der Waals surface area contributed by atoms with Crippen LogP contribution in [0.2, 0.25) is 0 Å². The second-order valence-corrected chi connectivity index (χ2v) is 34.5. The molecule has 0 aliphatic rings. The molecule has 3 aromatic heterocycles. The molecule has 3 heterocycles. The number of hydrogen-bond acceptors (Lipinski definition) is 3. The molecule has 3 nitrogen and oxygen atoms in total. The molecule has 0 spiro atoms. The lowest BCUT2D eigenvalue weighted by Crippen LogP contribution is -1.92. The summed E-state index contributed by atoms with van der Waals surface area (Å²) >= 11 is 0. The van der Waals surface area contributed by atoms with Gasteiger partial charge in [-0.05, 0) is 268 Å². The van der Waals surface area contributed by atoms with Crippen molar-refractivity contribution >= 4 is 184 Å². The van der Waals surface area contributed by atoms with Crippen molar-refractivity contribution < 1.29 is 13.3 Å². The number of rotatable bonds is 8. The maximum atomic E-state index is 6.39. The van der Waals surface area contributed by atoms with Gasteiger partial charge in [-0.25, -0.2) is 0 Å². The smallest absolute Gasteiger partial charge is 0.136 e. The van der Waals surface area contributed by atoms with Crippen molar-refractivity contribution in [2.45, 2.75) is 0 Å². The van der Waals surface area contributed by atoms with E-state index < -0.39 is 0 Å². The molecule has 3 heteroatoms. The van der Waals surface area contributed by atoms with Gasteiger partial charge in [0.15, 0.2) is 0 Å². The molecule has 0 atom stereocenters. The Morgan fingerprint density at radius 1 is 0.107 bits per heavy atom. The van der Waals surface area contributed by atoms with Crippen molar-refractivity contribution in [3.63, 3.8) is 0 Å². The van der Waals surface area contributed by atoms with E-state index in [2.05, 4.69) is 473 Å². The molecule has 25 aromatic carbocycles. The molecule has 0 aliphatic heterocycles. The monoisotopic (exact) mass is 1660 g/mol. The Morgan fingerprint density at radius 2 is 0.366 bits per heavy atom. The van der Waals surface area contributed by atoms with E-state index in [1.807, 2.05) is 0 Å². The van der Waals surface area contributed by atoms with Crippen molar-refractivity contribution in [3.05, 3.63) is 473 Å². The molecule has 0 amide bonds. The highest BCUT2D eigenvalue weighted by molar-refractivity contribution is 6.29. The molecule has 608 valence electrons. The SMILES string of the molecule is c1ccc(-c2c3ccccc3c(-c3ccc4oc5cc6ccccc6cc5c4c3)c3ccccc23)cc1.c1ccc(-c2ccc(-c3c4ccccc4c(-c4ccc5oc6ccc7ccccc7c6c5c4)c4ccccc34)c3ccccc23)cc1.c1ccc2c(-c3ccc(-c4c5ccccc5c(-c5ccc6oc7ccc8ccccc8c7c6c5)c5ccccc45)cc3)cccc2c1. The van der Waals surface area contributed by atoms with Gasteiger partial charge in [-0.1, -0.05) is 413 Å². The van der Waals surface area contributed by atoms with Gasteiger partial charge < -0.3 is 13.3 Å².